The maximum atomic E-state index is 12.3. The first-order chi connectivity index (χ1) is 9.15. The van der Waals surface area contributed by atoms with Gasteiger partial charge in [0, 0.05) is 19.3 Å². The van der Waals surface area contributed by atoms with Crippen molar-refractivity contribution in [1.82, 2.24) is 19.3 Å². The van der Waals surface area contributed by atoms with Crippen LogP contribution in [0.2, 0.25) is 0 Å². The van der Waals surface area contributed by atoms with Crippen molar-refractivity contribution in [2.24, 2.45) is 5.92 Å². The van der Waals surface area contributed by atoms with E-state index in [2.05, 4.69) is 10.3 Å². The minimum absolute atomic E-state index is 0.131. The molecule has 0 N–H and O–H groups in total. The molecule has 3 rings (SSSR count). The zero-order valence-electron chi connectivity index (χ0n) is 11.0. The summed E-state index contributed by atoms with van der Waals surface area (Å²) in [7, 11) is -3.09. The van der Waals surface area contributed by atoms with Gasteiger partial charge >= 0.3 is 0 Å². The van der Waals surface area contributed by atoms with Crippen LogP contribution >= 0.6 is 0 Å². The monoisotopic (exact) mass is 284 g/mol. The maximum absolute atomic E-state index is 12.3. The lowest BCUT2D eigenvalue weighted by molar-refractivity contribution is 0.251. The van der Waals surface area contributed by atoms with Crippen molar-refractivity contribution >= 4 is 10.0 Å². The molecule has 0 bridgehead atoms. The highest BCUT2D eigenvalue weighted by molar-refractivity contribution is 7.89. The zero-order chi connectivity index (χ0) is 13.3. The van der Waals surface area contributed by atoms with Crippen LogP contribution < -0.4 is 0 Å². The summed E-state index contributed by atoms with van der Waals surface area (Å²) >= 11 is 0. The fraction of sp³-hybridized carbons (Fsp3) is 0.833. The molecule has 2 aliphatic rings. The van der Waals surface area contributed by atoms with Gasteiger partial charge in [0.05, 0.1) is 18.0 Å². The fourth-order valence-corrected chi connectivity index (χ4v) is 4.35. The smallest absolute Gasteiger partial charge is 0.214 e. The standard InChI is InChI=1S/C12H20N4O2S/c17-19(18,9-5-11-3-4-11)15-7-1-2-12(10-15)16-8-6-13-14-16/h6,8,11-12H,1-5,7,9-10H2. The molecule has 1 saturated heterocycles. The molecule has 0 aromatic carbocycles. The zero-order valence-corrected chi connectivity index (χ0v) is 11.8. The highest BCUT2D eigenvalue weighted by Gasteiger charge is 2.31. The normalized spacial score (nSPS) is 25.6. The van der Waals surface area contributed by atoms with Crippen molar-refractivity contribution in [3.05, 3.63) is 12.4 Å². The van der Waals surface area contributed by atoms with Gasteiger partial charge in [0.25, 0.3) is 0 Å². The summed E-state index contributed by atoms with van der Waals surface area (Å²) in [6.45, 7) is 1.19. The quantitative estimate of drug-likeness (QED) is 0.810. The van der Waals surface area contributed by atoms with Gasteiger partial charge in [-0.05, 0) is 25.2 Å². The molecule has 1 aliphatic carbocycles. The van der Waals surface area contributed by atoms with Crippen LogP contribution in [0.5, 0.6) is 0 Å². The molecule has 1 aromatic heterocycles. The van der Waals surface area contributed by atoms with E-state index in [9.17, 15) is 8.42 Å². The molecule has 19 heavy (non-hydrogen) atoms. The van der Waals surface area contributed by atoms with Crippen LogP contribution in [0.1, 0.15) is 38.1 Å². The summed E-state index contributed by atoms with van der Waals surface area (Å²) in [5.41, 5.74) is 0. The highest BCUT2D eigenvalue weighted by Crippen LogP contribution is 2.33. The van der Waals surface area contributed by atoms with Crippen LogP contribution in [-0.2, 0) is 10.0 Å². The van der Waals surface area contributed by atoms with E-state index in [0.717, 1.165) is 19.3 Å². The lowest BCUT2D eigenvalue weighted by atomic mass is 10.1. The van der Waals surface area contributed by atoms with Gasteiger partial charge < -0.3 is 0 Å². The first-order valence-electron chi connectivity index (χ1n) is 6.99. The van der Waals surface area contributed by atoms with Gasteiger partial charge in [0.1, 0.15) is 0 Å². The summed E-state index contributed by atoms with van der Waals surface area (Å²) in [5.74, 6) is 0.965. The Balaban J connectivity index is 1.63. The lowest BCUT2D eigenvalue weighted by Gasteiger charge is -2.31. The van der Waals surface area contributed by atoms with E-state index in [1.807, 2.05) is 6.20 Å². The third kappa shape index (κ3) is 3.14. The van der Waals surface area contributed by atoms with Crippen molar-refractivity contribution in [3.8, 4) is 0 Å². The van der Waals surface area contributed by atoms with E-state index in [1.165, 1.54) is 12.8 Å². The van der Waals surface area contributed by atoms with Crippen molar-refractivity contribution in [1.29, 1.82) is 0 Å². The highest BCUT2D eigenvalue weighted by atomic mass is 32.2. The number of aromatic nitrogens is 3. The Morgan fingerprint density at radius 1 is 1.26 bits per heavy atom. The van der Waals surface area contributed by atoms with Gasteiger partial charge in [0.2, 0.25) is 10.0 Å². The molecule has 7 heteroatoms. The molecule has 0 amide bonds. The fourth-order valence-electron chi connectivity index (χ4n) is 2.65. The summed E-state index contributed by atoms with van der Waals surface area (Å²) in [6, 6.07) is 0.131. The number of rotatable bonds is 5. The summed E-state index contributed by atoms with van der Waals surface area (Å²) in [5, 5.41) is 7.78. The van der Waals surface area contributed by atoms with Crippen molar-refractivity contribution in [3.63, 3.8) is 0 Å². The van der Waals surface area contributed by atoms with Gasteiger partial charge in [-0.3, -0.25) is 0 Å². The Bertz CT molecular complexity index is 510. The van der Waals surface area contributed by atoms with Crippen LogP contribution in [0, 0.1) is 5.92 Å². The van der Waals surface area contributed by atoms with E-state index in [4.69, 9.17) is 0 Å². The molecule has 0 radical (unpaired) electrons. The average molecular weight is 284 g/mol. The molecule has 106 valence electrons. The topological polar surface area (TPSA) is 68.1 Å². The number of sulfonamides is 1. The van der Waals surface area contributed by atoms with Crippen LogP contribution in [0.25, 0.3) is 0 Å². The lowest BCUT2D eigenvalue weighted by Crippen LogP contribution is -2.42. The Hall–Kier alpha value is -0.950. The molecule has 1 saturated carbocycles. The second kappa shape index (κ2) is 5.20. The average Bonchev–Trinajstić information content (AvgIpc) is 3.09. The molecular weight excluding hydrogens is 264 g/mol. The van der Waals surface area contributed by atoms with E-state index >= 15 is 0 Å². The molecule has 1 unspecified atom stereocenters. The summed E-state index contributed by atoms with van der Waals surface area (Å²) in [4.78, 5) is 0. The minimum atomic E-state index is -3.09. The molecule has 1 aromatic rings. The first-order valence-corrected chi connectivity index (χ1v) is 8.60. The van der Waals surface area contributed by atoms with Crippen molar-refractivity contribution in [2.45, 2.75) is 38.1 Å². The van der Waals surface area contributed by atoms with Gasteiger partial charge in [-0.25, -0.2) is 13.1 Å². The second-order valence-electron chi connectivity index (χ2n) is 5.59. The molecule has 1 atom stereocenters. The number of piperidine rings is 1. The number of hydrogen-bond acceptors (Lipinski definition) is 4. The van der Waals surface area contributed by atoms with Gasteiger partial charge in [0.15, 0.2) is 0 Å². The third-order valence-electron chi connectivity index (χ3n) is 4.05. The van der Waals surface area contributed by atoms with Crippen molar-refractivity contribution < 1.29 is 8.42 Å². The largest absolute Gasteiger partial charge is 0.248 e. The van der Waals surface area contributed by atoms with Crippen LogP contribution in [0.4, 0.5) is 0 Å². The molecule has 1 aliphatic heterocycles. The Kier molecular flexibility index (Phi) is 3.58. The SMILES string of the molecule is O=S(=O)(CCC1CC1)N1CCCC(n2ccnn2)C1. The number of nitrogens with zero attached hydrogens (tertiary/aromatic N) is 4. The van der Waals surface area contributed by atoms with Gasteiger partial charge in [-0.15, -0.1) is 5.10 Å². The number of hydrogen-bond donors (Lipinski definition) is 0. The molecule has 0 spiro atoms. The van der Waals surface area contributed by atoms with Crippen molar-refractivity contribution in [2.75, 3.05) is 18.8 Å². The molecule has 2 fully saturated rings. The molecule has 6 nitrogen and oxygen atoms in total. The van der Waals surface area contributed by atoms with Crippen LogP contribution in [0.3, 0.4) is 0 Å². The summed E-state index contributed by atoms with van der Waals surface area (Å²) < 4.78 is 28.1. The van der Waals surface area contributed by atoms with E-state index < -0.39 is 10.0 Å². The van der Waals surface area contributed by atoms with E-state index in [1.54, 1.807) is 15.2 Å². The van der Waals surface area contributed by atoms with Crippen LogP contribution in [0.15, 0.2) is 12.4 Å². The van der Waals surface area contributed by atoms with Gasteiger partial charge in [-0.1, -0.05) is 18.1 Å². The third-order valence-corrected chi connectivity index (χ3v) is 5.92. The minimum Gasteiger partial charge on any atom is -0.248 e. The maximum Gasteiger partial charge on any atom is 0.214 e. The van der Waals surface area contributed by atoms with E-state index in [0.29, 0.717) is 24.8 Å². The Labute approximate surface area is 113 Å². The molecule has 2 heterocycles. The first kappa shape index (κ1) is 13.1. The van der Waals surface area contributed by atoms with E-state index in [-0.39, 0.29) is 6.04 Å². The Morgan fingerprint density at radius 2 is 2.11 bits per heavy atom. The predicted molar refractivity (Wildman–Crippen MR) is 71.0 cm³/mol. The van der Waals surface area contributed by atoms with Crippen LogP contribution in [-0.4, -0.2) is 46.6 Å². The summed E-state index contributed by atoms with van der Waals surface area (Å²) in [6.07, 6.45) is 8.55. The van der Waals surface area contributed by atoms with Gasteiger partial charge in [-0.2, -0.15) is 4.31 Å². The predicted octanol–water partition coefficient (Wildman–Crippen LogP) is 1.04. The molecular formula is C12H20N4O2S. The second-order valence-corrected chi connectivity index (χ2v) is 7.67. The Morgan fingerprint density at radius 3 is 2.79 bits per heavy atom.